The summed E-state index contributed by atoms with van der Waals surface area (Å²) in [5, 5.41) is 8.19. The monoisotopic (exact) mass is 529 g/mol. The van der Waals surface area contributed by atoms with Crippen molar-refractivity contribution in [2.24, 2.45) is 0 Å². The van der Waals surface area contributed by atoms with Crippen molar-refractivity contribution in [2.75, 3.05) is 5.32 Å². The third-order valence-corrected chi connectivity index (χ3v) is 7.90. The molecule has 5 aromatic rings. The third kappa shape index (κ3) is 4.49. The number of carbonyl (C=O) groups is 1. The van der Waals surface area contributed by atoms with E-state index in [0.29, 0.717) is 12.5 Å². The van der Waals surface area contributed by atoms with Crippen molar-refractivity contribution in [3.8, 4) is 11.5 Å². The molecule has 6 nitrogen and oxygen atoms in total. The lowest BCUT2D eigenvalue weighted by Gasteiger charge is -2.31. The number of aryl methyl sites for hydroxylation is 3. The summed E-state index contributed by atoms with van der Waals surface area (Å²) in [6.45, 7) is 10.9. The predicted octanol–water partition coefficient (Wildman–Crippen LogP) is 7.85. The Kier molecular flexibility index (Phi) is 6.54. The molecule has 3 heterocycles. The zero-order valence-corrected chi connectivity index (χ0v) is 23.7. The highest BCUT2D eigenvalue weighted by molar-refractivity contribution is 5.91. The predicted molar refractivity (Wildman–Crippen MR) is 160 cm³/mol. The summed E-state index contributed by atoms with van der Waals surface area (Å²) < 4.78 is 4.20. The highest BCUT2D eigenvalue weighted by atomic mass is 16.2. The van der Waals surface area contributed by atoms with E-state index < -0.39 is 0 Å². The van der Waals surface area contributed by atoms with Crippen molar-refractivity contribution in [2.45, 2.75) is 53.1 Å². The Bertz CT molecular complexity index is 1680. The first kappa shape index (κ1) is 25.7. The molecule has 0 aliphatic carbocycles. The molecule has 1 atom stereocenters. The lowest BCUT2D eigenvalue weighted by atomic mass is 9.97. The first-order valence-corrected chi connectivity index (χ1v) is 13.9. The Labute approximate surface area is 235 Å². The fraction of sp³-hybridized carbons (Fsp3) is 0.235. The Morgan fingerprint density at radius 3 is 2.40 bits per heavy atom. The van der Waals surface area contributed by atoms with E-state index in [4.69, 9.17) is 5.10 Å². The molecule has 2 aromatic heterocycles. The van der Waals surface area contributed by atoms with Gasteiger partial charge in [-0.15, -0.1) is 0 Å². The van der Waals surface area contributed by atoms with E-state index >= 15 is 0 Å². The minimum Gasteiger partial charge on any atom is -0.308 e. The van der Waals surface area contributed by atoms with Crippen LogP contribution in [0.15, 0.2) is 91.1 Å². The number of hydrogen-bond acceptors (Lipinski definition) is 2. The molecule has 0 unspecified atom stereocenters. The van der Waals surface area contributed by atoms with Gasteiger partial charge in [0.2, 0.25) is 0 Å². The summed E-state index contributed by atoms with van der Waals surface area (Å²) in [5.74, 6) is 1.40. The summed E-state index contributed by atoms with van der Waals surface area (Å²) >= 11 is 0. The molecule has 1 aliphatic rings. The fourth-order valence-electron chi connectivity index (χ4n) is 5.62. The Balaban J connectivity index is 1.53. The van der Waals surface area contributed by atoms with Crippen molar-refractivity contribution in [1.29, 1.82) is 0 Å². The number of urea groups is 1. The van der Waals surface area contributed by atoms with Crippen molar-refractivity contribution >= 4 is 11.7 Å². The number of aromatic nitrogens is 3. The van der Waals surface area contributed by atoms with Crippen LogP contribution in [0.5, 0.6) is 0 Å². The number of nitrogens with one attached hydrogen (secondary N) is 1. The smallest absolute Gasteiger partial charge is 0.308 e. The molecule has 6 heteroatoms. The van der Waals surface area contributed by atoms with Crippen LogP contribution in [0.25, 0.3) is 11.5 Å². The summed E-state index contributed by atoms with van der Waals surface area (Å²) in [6.07, 6.45) is 2.08. The molecule has 0 spiro atoms. The van der Waals surface area contributed by atoms with Gasteiger partial charge in [0.15, 0.2) is 0 Å². The molecule has 40 heavy (non-hydrogen) atoms. The van der Waals surface area contributed by atoms with Gasteiger partial charge in [0, 0.05) is 17.4 Å². The van der Waals surface area contributed by atoms with E-state index in [1.54, 1.807) is 0 Å². The van der Waals surface area contributed by atoms with Crippen LogP contribution in [0.1, 0.15) is 65.0 Å². The molecule has 0 saturated carbocycles. The minimum absolute atomic E-state index is 0.140. The average Bonchev–Trinajstić information content (AvgIpc) is 3.51. The number of para-hydroxylation sites is 1. The first-order valence-electron chi connectivity index (χ1n) is 13.9. The fourth-order valence-corrected chi connectivity index (χ4v) is 5.62. The number of carbonyl (C=O) groups excluding carboxylic acids is 1. The molecule has 0 fully saturated rings. The van der Waals surface area contributed by atoms with Crippen LogP contribution in [-0.4, -0.2) is 25.3 Å². The van der Waals surface area contributed by atoms with Gasteiger partial charge < -0.3 is 14.8 Å². The molecular weight excluding hydrogens is 494 g/mol. The van der Waals surface area contributed by atoms with E-state index in [1.165, 1.54) is 5.56 Å². The highest BCUT2D eigenvalue weighted by Crippen LogP contribution is 2.39. The van der Waals surface area contributed by atoms with Gasteiger partial charge in [-0.1, -0.05) is 68.4 Å². The van der Waals surface area contributed by atoms with Crippen LogP contribution in [0.2, 0.25) is 0 Å². The van der Waals surface area contributed by atoms with Gasteiger partial charge in [-0.25, -0.2) is 9.48 Å². The Hall–Kier alpha value is -4.58. The number of hydrogen-bond donors (Lipinski definition) is 1. The molecule has 2 amide bonds. The standard InChI is InChI=1S/C34H35N5O/c1-22(2)26-15-17-27(18-16-26)32-31-12-9-19-37(31)33-29(25(5)36-39(33)28-10-7-6-8-11-28)21-38(32)34(40)35-30-20-23(3)13-14-24(30)4/h6-20,22,32H,21H2,1-5H3,(H,35,40)/t32-/m1/s1. The summed E-state index contributed by atoms with van der Waals surface area (Å²) in [6, 6.07) is 28.8. The molecule has 6 rings (SSSR count). The van der Waals surface area contributed by atoms with E-state index in [0.717, 1.165) is 50.8 Å². The number of fused-ring (bicyclic) bond motifs is 3. The number of nitrogens with zero attached hydrogens (tertiary/aromatic N) is 4. The Morgan fingerprint density at radius 1 is 0.925 bits per heavy atom. The normalized spacial score (nSPS) is 14.6. The highest BCUT2D eigenvalue weighted by Gasteiger charge is 2.36. The topological polar surface area (TPSA) is 55.1 Å². The maximum absolute atomic E-state index is 14.3. The number of anilines is 1. The van der Waals surface area contributed by atoms with Gasteiger partial charge in [-0.3, -0.25) is 0 Å². The number of benzene rings is 3. The molecule has 1 aliphatic heterocycles. The second-order valence-electron chi connectivity index (χ2n) is 11.0. The van der Waals surface area contributed by atoms with Gasteiger partial charge in [0.1, 0.15) is 5.82 Å². The Morgan fingerprint density at radius 2 is 1.68 bits per heavy atom. The molecular formula is C34H35N5O. The van der Waals surface area contributed by atoms with E-state index in [9.17, 15) is 4.79 Å². The van der Waals surface area contributed by atoms with Crippen molar-refractivity contribution in [3.63, 3.8) is 0 Å². The summed E-state index contributed by atoms with van der Waals surface area (Å²) in [5.41, 5.74) is 9.24. The summed E-state index contributed by atoms with van der Waals surface area (Å²) in [4.78, 5) is 16.2. The lowest BCUT2D eigenvalue weighted by Crippen LogP contribution is -2.38. The second kappa shape index (κ2) is 10.2. The van der Waals surface area contributed by atoms with Crippen molar-refractivity contribution in [1.82, 2.24) is 19.2 Å². The van der Waals surface area contributed by atoms with Gasteiger partial charge in [0.05, 0.1) is 29.7 Å². The number of rotatable bonds is 4. The first-order chi connectivity index (χ1) is 19.3. The van der Waals surface area contributed by atoms with Crippen LogP contribution < -0.4 is 5.32 Å². The minimum atomic E-state index is -0.294. The van der Waals surface area contributed by atoms with Crippen LogP contribution in [-0.2, 0) is 6.54 Å². The molecule has 0 bridgehead atoms. The largest absolute Gasteiger partial charge is 0.322 e. The van der Waals surface area contributed by atoms with E-state index in [1.807, 2.05) is 60.7 Å². The van der Waals surface area contributed by atoms with Crippen LogP contribution in [0.4, 0.5) is 10.5 Å². The average molecular weight is 530 g/mol. The van der Waals surface area contributed by atoms with Gasteiger partial charge >= 0.3 is 6.03 Å². The zero-order valence-electron chi connectivity index (χ0n) is 23.7. The van der Waals surface area contributed by atoms with Gasteiger partial charge in [-0.2, -0.15) is 5.10 Å². The quantitative estimate of drug-likeness (QED) is 0.258. The van der Waals surface area contributed by atoms with Crippen LogP contribution in [0.3, 0.4) is 0 Å². The van der Waals surface area contributed by atoms with Crippen molar-refractivity contribution in [3.05, 3.63) is 130 Å². The molecule has 0 radical (unpaired) electrons. The number of amides is 2. The molecule has 3 aromatic carbocycles. The lowest BCUT2D eigenvalue weighted by molar-refractivity contribution is 0.194. The van der Waals surface area contributed by atoms with Gasteiger partial charge in [0.25, 0.3) is 0 Å². The zero-order chi connectivity index (χ0) is 28.0. The van der Waals surface area contributed by atoms with Crippen LogP contribution in [0, 0.1) is 20.8 Å². The van der Waals surface area contributed by atoms with Crippen molar-refractivity contribution < 1.29 is 4.79 Å². The summed E-state index contributed by atoms with van der Waals surface area (Å²) in [7, 11) is 0. The molecule has 202 valence electrons. The molecule has 0 saturated heterocycles. The molecule has 1 N–H and O–H groups in total. The van der Waals surface area contributed by atoms with Gasteiger partial charge in [-0.05, 0) is 79.3 Å². The maximum Gasteiger partial charge on any atom is 0.322 e. The SMILES string of the molecule is Cc1ccc(C)c(NC(=O)N2Cc3c(C)nn(-c4ccccc4)c3-n3cccc3[C@H]2c2ccc(C(C)C)cc2)c1. The maximum atomic E-state index is 14.3. The third-order valence-electron chi connectivity index (χ3n) is 7.90. The van der Waals surface area contributed by atoms with Crippen LogP contribution >= 0.6 is 0 Å². The van der Waals surface area contributed by atoms with E-state index in [-0.39, 0.29) is 12.1 Å². The van der Waals surface area contributed by atoms with E-state index in [2.05, 4.69) is 84.5 Å². The second-order valence-corrected chi connectivity index (χ2v) is 11.0.